The predicted octanol–water partition coefficient (Wildman–Crippen LogP) is 3.87. The van der Waals surface area contributed by atoms with Crippen molar-refractivity contribution in [3.63, 3.8) is 0 Å². The number of benzene rings is 1. The number of hydrogen-bond acceptors (Lipinski definition) is 2. The highest BCUT2D eigenvalue weighted by atomic mass is 16.1. The van der Waals surface area contributed by atoms with E-state index in [9.17, 15) is 4.79 Å². The number of imidazole rings is 1. The van der Waals surface area contributed by atoms with Crippen LogP contribution in [0.15, 0.2) is 23.0 Å². The molecule has 0 saturated heterocycles. The maximum absolute atomic E-state index is 11.3. The maximum atomic E-state index is 11.3. The largest absolute Gasteiger partial charge is 0.382 e. The first kappa shape index (κ1) is 14.2. The molecule has 1 aromatic carbocycles. The van der Waals surface area contributed by atoms with Gasteiger partial charge in [0.2, 0.25) is 0 Å². The molecular formula is C17H25N3O. The molecule has 2 aromatic rings. The van der Waals surface area contributed by atoms with Crippen molar-refractivity contribution in [3.8, 4) is 0 Å². The summed E-state index contributed by atoms with van der Waals surface area (Å²) in [5.74, 6) is 1.64. The van der Waals surface area contributed by atoms with Gasteiger partial charge in [0.1, 0.15) is 0 Å². The Morgan fingerprint density at radius 3 is 2.86 bits per heavy atom. The first-order valence-corrected chi connectivity index (χ1v) is 8.09. The normalized spacial score (nSPS) is 22.8. The van der Waals surface area contributed by atoms with Gasteiger partial charge >= 0.3 is 5.69 Å². The van der Waals surface area contributed by atoms with Gasteiger partial charge in [0.15, 0.2) is 0 Å². The lowest BCUT2D eigenvalue weighted by molar-refractivity contribution is 0.289. The van der Waals surface area contributed by atoms with Gasteiger partial charge in [-0.1, -0.05) is 26.7 Å². The lowest BCUT2D eigenvalue weighted by atomic mass is 9.81. The van der Waals surface area contributed by atoms with Crippen molar-refractivity contribution >= 4 is 16.7 Å². The summed E-state index contributed by atoms with van der Waals surface area (Å²) in [6, 6.07) is 6.60. The third kappa shape index (κ3) is 3.49. The van der Waals surface area contributed by atoms with Crippen LogP contribution < -0.4 is 11.0 Å². The topological polar surface area (TPSA) is 60.7 Å². The van der Waals surface area contributed by atoms with E-state index < -0.39 is 0 Å². The molecular weight excluding hydrogens is 262 g/mol. The molecule has 1 aliphatic rings. The lowest BCUT2D eigenvalue weighted by Crippen LogP contribution is -2.27. The Labute approximate surface area is 125 Å². The summed E-state index contributed by atoms with van der Waals surface area (Å²) < 4.78 is 0. The summed E-state index contributed by atoms with van der Waals surface area (Å²) >= 11 is 0. The van der Waals surface area contributed by atoms with Gasteiger partial charge in [0.25, 0.3) is 0 Å². The van der Waals surface area contributed by atoms with Gasteiger partial charge in [-0.3, -0.25) is 0 Å². The van der Waals surface area contributed by atoms with Crippen LogP contribution in [0.2, 0.25) is 0 Å². The molecule has 3 rings (SSSR count). The Kier molecular flexibility index (Phi) is 4.04. The molecule has 21 heavy (non-hydrogen) atoms. The van der Waals surface area contributed by atoms with Gasteiger partial charge in [-0.15, -0.1) is 0 Å². The second-order valence-electron chi connectivity index (χ2n) is 6.84. The van der Waals surface area contributed by atoms with Crippen LogP contribution in [0, 0.1) is 11.8 Å². The van der Waals surface area contributed by atoms with Crippen LogP contribution >= 0.6 is 0 Å². The molecule has 0 aliphatic heterocycles. The van der Waals surface area contributed by atoms with Crippen LogP contribution in [0.25, 0.3) is 11.0 Å². The van der Waals surface area contributed by atoms with E-state index in [1.54, 1.807) is 0 Å². The molecule has 1 heterocycles. The molecule has 4 heteroatoms. The van der Waals surface area contributed by atoms with Crippen LogP contribution in [0.5, 0.6) is 0 Å². The molecule has 2 unspecified atom stereocenters. The van der Waals surface area contributed by atoms with Crippen molar-refractivity contribution in [1.29, 1.82) is 0 Å². The Morgan fingerprint density at radius 1 is 1.24 bits per heavy atom. The quantitative estimate of drug-likeness (QED) is 0.799. The fraction of sp³-hybridized carbons (Fsp3) is 0.588. The molecule has 0 bridgehead atoms. The highest BCUT2D eigenvalue weighted by Gasteiger charge is 2.22. The minimum Gasteiger partial charge on any atom is -0.382 e. The molecule has 1 fully saturated rings. The van der Waals surface area contributed by atoms with Gasteiger partial charge in [0.05, 0.1) is 11.0 Å². The van der Waals surface area contributed by atoms with Crippen molar-refractivity contribution in [2.45, 2.75) is 52.0 Å². The second kappa shape index (κ2) is 5.96. The Morgan fingerprint density at radius 2 is 2.05 bits per heavy atom. The van der Waals surface area contributed by atoms with Crippen molar-refractivity contribution in [3.05, 3.63) is 28.7 Å². The van der Waals surface area contributed by atoms with Gasteiger partial charge in [-0.25, -0.2) is 4.79 Å². The van der Waals surface area contributed by atoms with Crippen molar-refractivity contribution in [2.24, 2.45) is 11.8 Å². The molecule has 1 aromatic heterocycles. The van der Waals surface area contributed by atoms with E-state index in [-0.39, 0.29) is 5.69 Å². The molecule has 1 saturated carbocycles. The summed E-state index contributed by atoms with van der Waals surface area (Å²) in [4.78, 5) is 16.9. The zero-order chi connectivity index (χ0) is 14.8. The Balaban J connectivity index is 1.67. The Bertz CT molecular complexity index is 655. The van der Waals surface area contributed by atoms with Crippen LogP contribution in [-0.2, 0) is 0 Å². The third-order valence-corrected chi connectivity index (χ3v) is 4.47. The second-order valence-corrected chi connectivity index (χ2v) is 6.84. The van der Waals surface area contributed by atoms with Crippen molar-refractivity contribution < 1.29 is 0 Å². The lowest BCUT2D eigenvalue weighted by Gasteiger charge is -2.31. The average molecular weight is 287 g/mol. The van der Waals surface area contributed by atoms with Gasteiger partial charge in [0, 0.05) is 11.7 Å². The molecule has 4 nitrogen and oxygen atoms in total. The first-order valence-electron chi connectivity index (χ1n) is 8.09. The van der Waals surface area contributed by atoms with Crippen LogP contribution in [0.4, 0.5) is 5.69 Å². The SMILES string of the molecule is CC(C)CC1CCCC(Nc2ccc3[nH]c(=O)[nH]c3c2)C1. The molecule has 1 aliphatic carbocycles. The first-order chi connectivity index (χ1) is 10.1. The van der Waals surface area contributed by atoms with Crippen molar-refractivity contribution in [1.82, 2.24) is 9.97 Å². The fourth-order valence-corrected chi connectivity index (χ4v) is 3.66. The number of hydrogen-bond donors (Lipinski definition) is 3. The highest BCUT2D eigenvalue weighted by molar-refractivity contribution is 5.78. The molecule has 0 amide bonds. The van der Waals surface area contributed by atoms with Gasteiger partial charge in [-0.05, 0) is 49.3 Å². The molecule has 114 valence electrons. The van der Waals surface area contributed by atoms with Crippen LogP contribution in [-0.4, -0.2) is 16.0 Å². The minimum absolute atomic E-state index is 0.142. The number of H-pyrrole nitrogens is 2. The summed E-state index contributed by atoms with van der Waals surface area (Å²) in [7, 11) is 0. The summed E-state index contributed by atoms with van der Waals surface area (Å²) in [6.07, 6.45) is 6.54. The van der Waals surface area contributed by atoms with Crippen LogP contribution in [0.1, 0.15) is 46.0 Å². The van der Waals surface area contributed by atoms with E-state index in [2.05, 4.69) is 35.2 Å². The van der Waals surface area contributed by atoms with Gasteiger partial charge < -0.3 is 15.3 Å². The molecule has 0 spiro atoms. The molecule has 2 atom stereocenters. The minimum atomic E-state index is -0.142. The number of aromatic amines is 2. The zero-order valence-corrected chi connectivity index (χ0v) is 12.9. The Hall–Kier alpha value is -1.71. The van der Waals surface area contributed by atoms with Crippen LogP contribution in [0.3, 0.4) is 0 Å². The number of fused-ring (bicyclic) bond motifs is 1. The van der Waals surface area contributed by atoms with E-state index in [4.69, 9.17) is 0 Å². The smallest absolute Gasteiger partial charge is 0.323 e. The van der Waals surface area contributed by atoms with E-state index in [1.807, 2.05) is 12.1 Å². The van der Waals surface area contributed by atoms with Crippen molar-refractivity contribution in [2.75, 3.05) is 5.32 Å². The van der Waals surface area contributed by atoms with E-state index in [0.29, 0.717) is 6.04 Å². The predicted molar refractivity (Wildman–Crippen MR) is 87.7 cm³/mol. The summed E-state index contributed by atoms with van der Waals surface area (Å²) in [5, 5.41) is 3.65. The number of nitrogens with one attached hydrogen (secondary N) is 3. The summed E-state index contributed by atoms with van der Waals surface area (Å²) in [5.41, 5.74) is 2.70. The van der Waals surface area contributed by atoms with E-state index in [0.717, 1.165) is 28.6 Å². The standard InChI is InChI=1S/C17H25N3O/c1-11(2)8-12-4-3-5-13(9-12)18-14-6-7-15-16(10-14)20-17(21)19-15/h6-7,10-13,18H,3-5,8-9H2,1-2H3,(H2,19,20,21). The van der Waals surface area contributed by atoms with E-state index in [1.165, 1.54) is 32.1 Å². The number of aromatic nitrogens is 2. The van der Waals surface area contributed by atoms with Gasteiger partial charge in [-0.2, -0.15) is 0 Å². The maximum Gasteiger partial charge on any atom is 0.323 e. The average Bonchev–Trinajstić information content (AvgIpc) is 2.77. The number of rotatable bonds is 4. The van der Waals surface area contributed by atoms with E-state index >= 15 is 0 Å². The molecule has 0 radical (unpaired) electrons. The highest BCUT2D eigenvalue weighted by Crippen LogP contribution is 2.31. The monoisotopic (exact) mass is 287 g/mol. The zero-order valence-electron chi connectivity index (χ0n) is 12.9. The third-order valence-electron chi connectivity index (χ3n) is 4.47. The fourth-order valence-electron chi connectivity index (χ4n) is 3.66. The molecule has 3 N–H and O–H groups in total. The summed E-state index contributed by atoms with van der Waals surface area (Å²) in [6.45, 7) is 4.63. The number of anilines is 1.